The van der Waals surface area contributed by atoms with Gasteiger partial charge in [0, 0.05) is 12.1 Å². The Bertz CT molecular complexity index is 622. The highest BCUT2D eigenvalue weighted by atomic mass is 32.2. The molecule has 5 heteroatoms. The molecule has 0 aliphatic carbocycles. The van der Waals surface area contributed by atoms with Crippen molar-refractivity contribution in [3.63, 3.8) is 0 Å². The molecular weight excluding hydrogens is 286 g/mol. The maximum atomic E-state index is 12.0. The summed E-state index contributed by atoms with van der Waals surface area (Å²) in [7, 11) is -2.85. The van der Waals surface area contributed by atoms with E-state index < -0.39 is 9.84 Å². The van der Waals surface area contributed by atoms with Crippen LogP contribution in [0.2, 0.25) is 0 Å². The second-order valence-electron chi connectivity index (χ2n) is 5.86. The molecule has 1 amide bonds. The summed E-state index contributed by atoms with van der Waals surface area (Å²) in [5, 5.41) is 2.94. The Balaban J connectivity index is 1.87. The van der Waals surface area contributed by atoms with Crippen LogP contribution in [0.5, 0.6) is 0 Å². The van der Waals surface area contributed by atoms with Crippen molar-refractivity contribution in [2.24, 2.45) is 5.92 Å². The molecule has 0 saturated carbocycles. The predicted molar refractivity (Wildman–Crippen MR) is 85.2 cm³/mol. The maximum absolute atomic E-state index is 12.0. The van der Waals surface area contributed by atoms with E-state index in [1.54, 1.807) is 0 Å². The molecule has 1 aliphatic rings. The molecule has 1 heterocycles. The van der Waals surface area contributed by atoms with Crippen molar-refractivity contribution in [1.82, 2.24) is 0 Å². The molecule has 0 bridgehead atoms. The fourth-order valence-electron chi connectivity index (χ4n) is 2.67. The molecular formula is C16H23NO3S. The zero-order chi connectivity index (χ0) is 15.5. The average molecular weight is 309 g/mol. The molecule has 4 nitrogen and oxygen atoms in total. The van der Waals surface area contributed by atoms with Gasteiger partial charge in [0.2, 0.25) is 5.91 Å². The van der Waals surface area contributed by atoms with Crippen LogP contribution in [0.15, 0.2) is 18.2 Å². The zero-order valence-electron chi connectivity index (χ0n) is 12.7. The lowest BCUT2D eigenvalue weighted by Gasteiger charge is -2.11. The highest BCUT2D eigenvalue weighted by molar-refractivity contribution is 7.91. The van der Waals surface area contributed by atoms with Gasteiger partial charge in [-0.05, 0) is 49.3 Å². The maximum Gasteiger partial charge on any atom is 0.224 e. The predicted octanol–water partition coefficient (Wildman–Crippen LogP) is 2.71. The normalized spacial score (nSPS) is 20.4. The van der Waals surface area contributed by atoms with Crippen LogP contribution in [-0.2, 0) is 21.1 Å². The van der Waals surface area contributed by atoms with Crippen LogP contribution in [0.3, 0.4) is 0 Å². The van der Waals surface area contributed by atoms with Crippen molar-refractivity contribution in [3.05, 3.63) is 29.3 Å². The number of carbonyl (C=O) groups excluding carboxylic acids is 1. The van der Waals surface area contributed by atoms with Gasteiger partial charge in [0.25, 0.3) is 0 Å². The third-order valence-corrected chi connectivity index (χ3v) is 5.93. The SMILES string of the molecule is CCc1ccc(C)c(NC(=O)CCC2CCS(=O)(=O)C2)c1. The standard InChI is InChI=1S/C16H23NO3S/c1-3-13-5-4-12(2)15(10-13)17-16(18)7-6-14-8-9-21(19,20)11-14/h4-5,10,14H,3,6-9,11H2,1-2H3,(H,17,18). The van der Waals surface area contributed by atoms with Crippen LogP contribution >= 0.6 is 0 Å². The summed E-state index contributed by atoms with van der Waals surface area (Å²) >= 11 is 0. The molecule has 1 aromatic rings. The Kier molecular flexibility index (Phi) is 5.04. The molecule has 0 spiro atoms. The van der Waals surface area contributed by atoms with Crippen LogP contribution in [0.25, 0.3) is 0 Å². The van der Waals surface area contributed by atoms with Gasteiger partial charge >= 0.3 is 0 Å². The van der Waals surface area contributed by atoms with Gasteiger partial charge < -0.3 is 5.32 Å². The van der Waals surface area contributed by atoms with Crippen molar-refractivity contribution in [3.8, 4) is 0 Å². The number of benzene rings is 1. The first-order chi connectivity index (χ1) is 9.89. The number of carbonyl (C=O) groups is 1. The lowest BCUT2D eigenvalue weighted by molar-refractivity contribution is -0.116. The third-order valence-electron chi connectivity index (χ3n) is 4.09. The summed E-state index contributed by atoms with van der Waals surface area (Å²) in [4.78, 5) is 12.0. The van der Waals surface area contributed by atoms with Gasteiger partial charge in [-0.25, -0.2) is 8.42 Å². The number of nitrogens with one attached hydrogen (secondary N) is 1. The Morgan fingerprint density at radius 2 is 2.14 bits per heavy atom. The van der Waals surface area contributed by atoms with Gasteiger partial charge in [-0.15, -0.1) is 0 Å². The van der Waals surface area contributed by atoms with Crippen molar-refractivity contribution in [2.45, 2.75) is 39.5 Å². The van der Waals surface area contributed by atoms with E-state index in [1.165, 1.54) is 5.56 Å². The number of anilines is 1. The van der Waals surface area contributed by atoms with Gasteiger partial charge in [0.1, 0.15) is 0 Å². The smallest absolute Gasteiger partial charge is 0.224 e. The topological polar surface area (TPSA) is 63.2 Å². The molecule has 0 radical (unpaired) electrons. The second kappa shape index (κ2) is 6.60. The van der Waals surface area contributed by atoms with Gasteiger partial charge in [-0.2, -0.15) is 0 Å². The average Bonchev–Trinajstić information content (AvgIpc) is 2.78. The third kappa shape index (κ3) is 4.56. The molecule has 1 aromatic carbocycles. The molecule has 1 fully saturated rings. The Morgan fingerprint density at radius 1 is 1.38 bits per heavy atom. The zero-order valence-corrected chi connectivity index (χ0v) is 13.5. The molecule has 1 N–H and O–H groups in total. The first kappa shape index (κ1) is 16.0. The molecule has 21 heavy (non-hydrogen) atoms. The number of aryl methyl sites for hydroxylation is 2. The van der Waals surface area contributed by atoms with E-state index in [0.717, 1.165) is 17.7 Å². The molecule has 1 aliphatic heterocycles. The summed E-state index contributed by atoms with van der Waals surface area (Å²) in [5.74, 6) is 0.626. The first-order valence-electron chi connectivity index (χ1n) is 7.49. The minimum absolute atomic E-state index is 0.0318. The lowest BCUT2D eigenvalue weighted by atomic mass is 10.0. The summed E-state index contributed by atoms with van der Waals surface area (Å²) in [6, 6.07) is 6.08. The van der Waals surface area contributed by atoms with E-state index >= 15 is 0 Å². The van der Waals surface area contributed by atoms with Crippen molar-refractivity contribution in [1.29, 1.82) is 0 Å². The first-order valence-corrected chi connectivity index (χ1v) is 9.31. The van der Waals surface area contributed by atoms with E-state index in [-0.39, 0.29) is 23.3 Å². The van der Waals surface area contributed by atoms with E-state index in [1.807, 2.05) is 19.1 Å². The lowest BCUT2D eigenvalue weighted by Crippen LogP contribution is -2.15. The Morgan fingerprint density at radius 3 is 2.76 bits per heavy atom. The number of sulfone groups is 1. The quantitative estimate of drug-likeness (QED) is 0.909. The number of hydrogen-bond acceptors (Lipinski definition) is 3. The van der Waals surface area contributed by atoms with Gasteiger partial charge in [0.15, 0.2) is 9.84 Å². The largest absolute Gasteiger partial charge is 0.326 e. The second-order valence-corrected chi connectivity index (χ2v) is 8.09. The Labute approximate surface area is 126 Å². The van der Waals surface area contributed by atoms with Crippen LogP contribution in [0.4, 0.5) is 5.69 Å². The number of rotatable bonds is 5. The van der Waals surface area contributed by atoms with Crippen molar-refractivity contribution < 1.29 is 13.2 Å². The van der Waals surface area contributed by atoms with Gasteiger partial charge in [0.05, 0.1) is 11.5 Å². The molecule has 1 saturated heterocycles. The molecule has 2 rings (SSSR count). The van der Waals surface area contributed by atoms with E-state index in [2.05, 4.69) is 18.3 Å². The highest BCUT2D eigenvalue weighted by Crippen LogP contribution is 2.23. The summed E-state index contributed by atoms with van der Waals surface area (Å²) in [6.07, 6.45) is 2.66. The van der Waals surface area contributed by atoms with Gasteiger partial charge in [-0.1, -0.05) is 19.1 Å². The monoisotopic (exact) mass is 309 g/mol. The van der Waals surface area contributed by atoms with Crippen molar-refractivity contribution in [2.75, 3.05) is 16.8 Å². The molecule has 1 unspecified atom stereocenters. The van der Waals surface area contributed by atoms with Crippen molar-refractivity contribution >= 4 is 21.4 Å². The Hall–Kier alpha value is -1.36. The summed E-state index contributed by atoms with van der Waals surface area (Å²) in [5.41, 5.74) is 3.10. The molecule has 1 atom stereocenters. The fourth-order valence-corrected chi connectivity index (χ4v) is 4.58. The van der Waals surface area contributed by atoms with Crippen LogP contribution in [0, 0.1) is 12.8 Å². The highest BCUT2D eigenvalue weighted by Gasteiger charge is 2.27. The fraction of sp³-hybridized carbons (Fsp3) is 0.562. The van der Waals surface area contributed by atoms with Gasteiger partial charge in [-0.3, -0.25) is 4.79 Å². The minimum Gasteiger partial charge on any atom is -0.326 e. The van der Waals surface area contributed by atoms with Crippen LogP contribution in [0.1, 0.15) is 37.3 Å². The van der Waals surface area contributed by atoms with E-state index in [9.17, 15) is 13.2 Å². The number of amides is 1. The van der Waals surface area contributed by atoms with Crippen LogP contribution < -0.4 is 5.32 Å². The molecule has 0 aromatic heterocycles. The minimum atomic E-state index is -2.85. The summed E-state index contributed by atoms with van der Waals surface area (Å²) < 4.78 is 22.8. The summed E-state index contributed by atoms with van der Waals surface area (Å²) in [6.45, 7) is 4.05. The van der Waals surface area contributed by atoms with E-state index in [4.69, 9.17) is 0 Å². The number of hydrogen-bond donors (Lipinski definition) is 1. The molecule has 116 valence electrons. The van der Waals surface area contributed by atoms with E-state index in [0.29, 0.717) is 19.3 Å². The van der Waals surface area contributed by atoms with Crippen LogP contribution in [-0.4, -0.2) is 25.8 Å².